The van der Waals surface area contributed by atoms with Gasteiger partial charge in [-0.15, -0.1) is 0 Å². The Bertz CT molecular complexity index is 770. The van der Waals surface area contributed by atoms with E-state index < -0.39 is 14.1 Å². The molecule has 8 unspecified atom stereocenters. The van der Waals surface area contributed by atoms with Gasteiger partial charge in [0.1, 0.15) is 5.78 Å². The molecule has 9 atom stereocenters. The smallest absolute Gasteiger partial charge is 0.192 e. The summed E-state index contributed by atoms with van der Waals surface area (Å²) < 4.78 is 20.3. The molecule has 0 N–H and O–H groups in total. The maximum atomic E-state index is 12.9. The van der Waals surface area contributed by atoms with Crippen LogP contribution in [0.25, 0.3) is 0 Å². The quantitative estimate of drug-likeness (QED) is 0.449. The Kier molecular flexibility index (Phi) is 5.42. The lowest BCUT2D eigenvalue weighted by molar-refractivity contribution is -0.160. The molecule has 0 aromatic heterocycles. The summed E-state index contributed by atoms with van der Waals surface area (Å²) in [7, 11) is -1.79. The average molecular weight is 463 g/mol. The fourth-order valence-corrected chi connectivity index (χ4v) is 9.61. The zero-order valence-corrected chi connectivity index (χ0v) is 22.7. The Labute approximate surface area is 196 Å². The molecular formula is C27H46O4Si. The van der Waals surface area contributed by atoms with Crippen molar-refractivity contribution in [3.63, 3.8) is 0 Å². The van der Waals surface area contributed by atoms with Gasteiger partial charge in [0.2, 0.25) is 0 Å². The first-order chi connectivity index (χ1) is 14.7. The third-order valence-electron chi connectivity index (χ3n) is 10.8. The number of hydrogen-bond acceptors (Lipinski definition) is 4. The van der Waals surface area contributed by atoms with Gasteiger partial charge in [0.05, 0.1) is 12.2 Å². The van der Waals surface area contributed by atoms with Crippen molar-refractivity contribution in [2.75, 3.05) is 0 Å². The van der Waals surface area contributed by atoms with E-state index in [9.17, 15) is 4.79 Å². The second-order valence-electron chi connectivity index (χ2n) is 14.0. The Morgan fingerprint density at radius 3 is 2.31 bits per heavy atom. The molecule has 1 aliphatic heterocycles. The lowest BCUT2D eigenvalue weighted by Crippen LogP contribution is -2.60. The van der Waals surface area contributed by atoms with Gasteiger partial charge in [-0.2, -0.15) is 0 Å². The monoisotopic (exact) mass is 462 g/mol. The molecule has 4 aliphatic carbocycles. The summed E-state index contributed by atoms with van der Waals surface area (Å²) in [6, 6.07) is 0. The summed E-state index contributed by atoms with van der Waals surface area (Å²) in [5.74, 6) is 2.82. The van der Waals surface area contributed by atoms with E-state index in [2.05, 4.69) is 54.6 Å². The first kappa shape index (κ1) is 23.5. The normalized spacial score (nSPS) is 48.1. The van der Waals surface area contributed by atoms with Gasteiger partial charge in [0.25, 0.3) is 0 Å². The SMILES string of the molecule is CC1(C)OC2C3CC(O[Si](C)(C)C(C)(C)C)CCC3C3CC[C@]4(C)C(=O)CCC4C3C2O1. The second-order valence-corrected chi connectivity index (χ2v) is 18.7. The minimum Gasteiger partial charge on any atom is -0.414 e. The van der Waals surface area contributed by atoms with E-state index in [1.807, 2.05) is 0 Å². The lowest BCUT2D eigenvalue weighted by Gasteiger charge is -2.58. The van der Waals surface area contributed by atoms with Crippen LogP contribution in [0.2, 0.25) is 18.1 Å². The molecule has 182 valence electrons. The van der Waals surface area contributed by atoms with Gasteiger partial charge < -0.3 is 13.9 Å². The average Bonchev–Trinajstić information content (AvgIpc) is 3.16. The number of ether oxygens (including phenoxy) is 2. The molecule has 32 heavy (non-hydrogen) atoms. The minimum atomic E-state index is -1.79. The van der Waals surface area contributed by atoms with Crippen LogP contribution in [0, 0.1) is 35.0 Å². The molecule has 0 spiro atoms. The van der Waals surface area contributed by atoms with Crippen LogP contribution in [0.5, 0.6) is 0 Å². The van der Waals surface area contributed by atoms with E-state index in [1.165, 1.54) is 19.3 Å². The molecule has 0 bridgehead atoms. The van der Waals surface area contributed by atoms with Crippen molar-refractivity contribution in [2.24, 2.45) is 35.0 Å². The molecule has 0 radical (unpaired) electrons. The Balaban J connectivity index is 1.43. The summed E-state index contributed by atoms with van der Waals surface area (Å²) in [6.07, 6.45) is 8.26. The number of fused-ring (bicyclic) bond motifs is 8. The third-order valence-corrected chi connectivity index (χ3v) is 15.3. The molecular weight excluding hydrogens is 416 g/mol. The summed E-state index contributed by atoms with van der Waals surface area (Å²) in [5.41, 5.74) is -0.128. The van der Waals surface area contributed by atoms with Crippen molar-refractivity contribution >= 4 is 14.1 Å². The van der Waals surface area contributed by atoms with Gasteiger partial charge in [-0.05, 0) is 100 Å². The second kappa shape index (κ2) is 7.38. The summed E-state index contributed by atoms with van der Waals surface area (Å²) in [5, 5.41) is 0.238. The largest absolute Gasteiger partial charge is 0.414 e. The van der Waals surface area contributed by atoms with E-state index >= 15 is 0 Å². The van der Waals surface area contributed by atoms with Gasteiger partial charge in [-0.25, -0.2) is 0 Å². The standard InChI is InChI=1S/C27H46O4Si/c1-25(2,3)32(7,8)31-16-9-10-17-18-13-14-27(6)20(11-12-21(27)28)22(18)24-23(19(17)15-16)29-26(4,5)30-24/h16-20,22-24H,9-15H2,1-8H3/t16?,17?,18?,19?,20?,22?,23?,24?,27-/m0/s1. The minimum absolute atomic E-state index is 0.128. The zero-order valence-electron chi connectivity index (χ0n) is 21.7. The number of ketones is 1. The summed E-state index contributed by atoms with van der Waals surface area (Å²) in [4.78, 5) is 12.9. The predicted molar refractivity (Wildman–Crippen MR) is 129 cm³/mol. The van der Waals surface area contributed by atoms with Crippen LogP contribution in [0.1, 0.15) is 86.5 Å². The first-order valence-electron chi connectivity index (χ1n) is 13.3. The number of rotatable bonds is 2. The third kappa shape index (κ3) is 3.51. The highest BCUT2D eigenvalue weighted by Crippen LogP contribution is 2.64. The van der Waals surface area contributed by atoms with Gasteiger partial charge in [0, 0.05) is 17.9 Å². The maximum Gasteiger partial charge on any atom is 0.192 e. The Morgan fingerprint density at radius 2 is 1.62 bits per heavy atom. The van der Waals surface area contributed by atoms with Gasteiger partial charge in [-0.3, -0.25) is 4.79 Å². The van der Waals surface area contributed by atoms with Crippen LogP contribution in [0.3, 0.4) is 0 Å². The van der Waals surface area contributed by atoms with Crippen molar-refractivity contribution in [3.05, 3.63) is 0 Å². The molecule has 5 aliphatic rings. The maximum absolute atomic E-state index is 12.9. The zero-order chi connectivity index (χ0) is 23.3. The molecule has 0 amide bonds. The molecule has 5 rings (SSSR count). The Hall–Kier alpha value is -0.233. The van der Waals surface area contributed by atoms with Crippen molar-refractivity contribution < 1.29 is 18.7 Å². The van der Waals surface area contributed by atoms with E-state index in [0.717, 1.165) is 25.7 Å². The molecule has 5 heteroatoms. The molecule has 0 aromatic rings. The highest BCUT2D eigenvalue weighted by Gasteiger charge is 2.65. The molecule has 4 saturated carbocycles. The van der Waals surface area contributed by atoms with Crippen molar-refractivity contribution in [1.29, 1.82) is 0 Å². The van der Waals surface area contributed by atoms with Crippen LogP contribution in [-0.4, -0.2) is 38.2 Å². The molecule has 0 aromatic carbocycles. The fourth-order valence-electron chi connectivity index (χ4n) is 8.21. The highest BCUT2D eigenvalue weighted by atomic mass is 28.4. The van der Waals surface area contributed by atoms with Crippen LogP contribution >= 0.6 is 0 Å². The molecule has 1 saturated heterocycles. The van der Waals surface area contributed by atoms with Crippen LogP contribution in [0.4, 0.5) is 0 Å². The van der Waals surface area contributed by atoms with Crippen molar-refractivity contribution in [2.45, 2.75) is 129 Å². The first-order valence-corrected chi connectivity index (χ1v) is 16.2. The van der Waals surface area contributed by atoms with E-state index in [4.69, 9.17) is 13.9 Å². The van der Waals surface area contributed by atoms with Crippen molar-refractivity contribution in [1.82, 2.24) is 0 Å². The summed E-state index contributed by atoms with van der Waals surface area (Å²) in [6.45, 7) is 18.2. The fraction of sp³-hybridized carbons (Fsp3) is 0.963. The number of hydrogen-bond donors (Lipinski definition) is 0. The topological polar surface area (TPSA) is 44.8 Å². The predicted octanol–water partition coefficient (Wildman–Crippen LogP) is 6.34. The van der Waals surface area contributed by atoms with E-state index in [-0.39, 0.29) is 22.7 Å². The van der Waals surface area contributed by atoms with Crippen molar-refractivity contribution in [3.8, 4) is 0 Å². The molecule has 5 fully saturated rings. The number of carbonyl (C=O) groups is 1. The highest BCUT2D eigenvalue weighted by molar-refractivity contribution is 6.74. The Morgan fingerprint density at radius 1 is 0.938 bits per heavy atom. The summed E-state index contributed by atoms with van der Waals surface area (Å²) >= 11 is 0. The molecule has 4 nitrogen and oxygen atoms in total. The molecule has 1 heterocycles. The van der Waals surface area contributed by atoms with Crippen LogP contribution in [-0.2, 0) is 18.7 Å². The lowest BCUT2D eigenvalue weighted by atomic mass is 9.49. The van der Waals surface area contributed by atoms with Gasteiger partial charge in [-0.1, -0.05) is 27.7 Å². The number of Topliss-reactive ketones (excluding diaryl/α,β-unsaturated/α-hetero) is 1. The number of carbonyl (C=O) groups excluding carboxylic acids is 1. The van der Waals surface area contributed by atoms with E-state index in [0.29, 0.717) is 41.5 Å². The van der Waals surface area contributed by atoms with Gasteiger partial charge in [0.15, 0.2) is 14.1 Å². The van der Waals surface area contributed by atoms with Crippen LogP contribution < -0.4 is 0 Å². The van der Waals surface area contributed by atoms with E-state index in [1.54, 1.807) is 0 Å². The van der Waals surface area contributed by atoms with Gasteiger partial charge >= 0.3 is 0 Å². The van der Waals surface area contributed by atoms with Crippen LogP contribution in [0.15, 0.2) is 0 Å².